The van der Waals surface area contributed by atoms with E-state index in [2.05, 4.69) is 0 Å². The number of rotatable bonds is 2. The van der Waals surface area contributed by atoms with E-state index in [0.717, 1.165) is 10.1 Å². The maximum Gasteiger partial charge on any atom is 0.138 e. The van der Waals surface area contributed by atoms with Gasteiger partial charge in [0, 0.05) is 5.75 Å². The molecule has 1 aliphatic rings. The van der Waals surface area contributed by atoms with Crippen molar-refractivity contribution in [3.05, 3.63) is 24.2 Å². The fourth-order valence-electron chi connectivity index (χ4n) is 1.18. The molecule has 2 heterocycles. The molecule has 1 unspecified atom stereocenters. The molecule has 1 atom stereocenters. The smallest absolute Gasteiger partial charge is 0.138 e. The summed E-state index contributed by atoms with van der Waals surface area (Å²) >= 11 is 6.58. The number of hydrogen-bond donors (Lipinski definition) is 1. The van der Waals surface area contributed by atoms with Gasteiger partial charge in [0.15, 0.2) is 0 Å². The summed E-state index contributed by atoms with van der Waals surface area (Å²) in [5, 5.41) is 9.53. The molecule has 1 saturated heterocycles. The number of nitrogens with zero attached hydrogens (tertiary/aromatic N) is 1. The molecular weight excluding hydrogens is 206 g/mol. The Morgan fingerprint density at radius 1 is 1.77 bits per heavy atom. The topological polar surface area (TPSA) is 36.6 Å². The minimum absolute atomic E-state index is 0.470. The molecule has 2 rings (SSSR count). The third kappa shape index (κ3) is 1.87. The molecular formula is C8H9NO2S2. The molecule has 3 nitrogen and oxygen atoms in total. The zero-order chi connectivity index (χ0) is 9.26. The highest BCUT2D eigenvalue weighted by atomic mass is 32.2. The van der Waals surface area contributed by atoms with Crippen LogP contribution in [0.2, 0.25) is 0 Å². The van der Waals surface area contributed by atoms with Crippen LogP contribution >= 0.6 is 24.0 Å². The quantitative estimate of drug-likeness (QED) is 0.755. The Morgan fingerprint density at radius 2 is 2.62 bits per heavy atom. The number of furan rings is 1. The summed E-state index contributed by atoms with van der Waals surface area (Å²) in [7, 11) is 0. The molecule has 1 aromatic rings. The van der Waals surface area contributed by atoms with Crippen LogP contribution < -0.4 is 0 Å². The summed E-state index contributed by atoms with van der Waals surface area (Å²) in [5.74, 6) is 1.48. The Morgan fingerprint density at radius 3 is 3.15 bits per heavy atom. The number of thioether (sulfide) groups is 1. The first-order chi connectivity index (χ1) is 6.27. The van der Waals surface area contributed by atoms with Crippen molar-refractivity contribution in [1.29, 1.82) is 0 Å². The summed E-state index contributed by atoms with van der Waals surface area (Å²) in [6, 6.07) is 3.70. The van der Waals surface area contributed by atoms with Crippen LogP contribution in [0, 0.1) is 0 Å². The zero-order valence-electron chi connectivity index (χ0n) is 6.84. The third-order valence-corrected chi connectivity index (χ3v) is 3.39. The van der Waals surface area contributed by atoms with Crippen molar-refractivity contribution in [1.82, 2.24) is 4.90 Å². The van der Waals surface area contributed by atoms with Crippen LogP contribution in [0.4, 0.5) is 0 Å². The average molecular weight is 215 g/mol. The van der Waals surface area contributed by atoms with Gasteiger partial charge in [0.05, 0.1) is 12.8 Å². The van der Waals surface area contributed by atoms with Crippen LogP contribution in [-0.4, -0.2) is 26.3 Å². The highest BCUT2D eigenvalue weighted by molar-refractivity contribution is 8.23. The maximum absolute atomic E-state index is 9.53. The summed E-state index contributed by atoms with van der Waals surface area (Å²) in [4.78, 5) is 1.76. The molecule has 0 radical (unpaired) electrons. The van der Waals surface area contributed by atoms with Gasteiger partial charge in [-0.15, -0.1) is 0 Å². The molecule has 1 N–H and O–H groups in total. The molecule has 0 amide bonds. The predicted molar refractivity (Wildman–Crippen MR) is 55.3 cm³/mol. The number of aliphatic hydroxyl groups excluding tert-OH is 1. The summed E-state index contributed by atoms with van der Waals surface area (Å²) in [6.45, 7) is 0.556. The number of thiocarbonyl (C=S) groups is 1. The Bertz CT molecular complexity index is 299. The van der Waals surface area contributed by atoms with Gasteiger partial charge in [0.25, 0.3) is 0 Å². The van der Waals surface area contributed by atoms with E-state index in [4.69, 9.17) is 16.6 Å². The van der Waals surface area contributed by atoms with Crippen LogP contribution in [0.15, 0.2) is 22.8 Å². The monoisotopic (exact) mass is 215 g/mol. The van der Waals surface area contributed by atoms with Crippen molar-refractivity contribution in [2.45, 2.75) is 12.8 Å². The van der Waals surface area contributed by atoms with Crippen molar-refractivity contribution in [3.63, 3.8) is 0 Å². The van der Waals surface area contributed by atoms with Crippen LogP contribution in [0.1, 0.15) is 5.76 Å². The average Bonchev–Trinajstić information content (AvgIpc) is 2.70. The second-order valence-corrected chi connectivity index (χ2v) is 4.42. The highest BCUT2D eigenvalue weighted by Gasteiger charge is 2.27. The van der Waals surface area contributed by atoms with E-state index in [9.17, 15) is 5.11 Å². The molecule has 1 aliphatic heterocycles. The molecule has 0 bridgehead atoms. The van der Waals surface area contributed by atoms with Gasteiger partial charge in [-0.2, -0.15) is 0 Å². The van der Waals surface area contributed by atoms with Gasteiger partial charge in [-0.05, 0) is 12.1 Å². The largest absolute Gasteiger partial charge is 0.467 e. The Hall–Kier alpha value is -0.520. The molecule has 5 heteroatoms. The van der Waals surface area contributed by atoms with Gasteiger partial charge >= 0.3 is 0 Å². The van der Waals surface area contributed by atoms with Crippen LogP contribution in [0.25, 0.3) is 0 Å². The molecule has 1 fully saturated rings. The lowest BCUT2D eigenvalue weighted by atomic mass is 10.4. The first kappa shape index (κ1) is 9.05. The highest BCUT2D eigenvalue weighted by Crippen LogP contribution is 2.24. The van der Waals surface area contributed by atoms with Gasteiger partial charge in [0.2, 0.25) is 0 Å². The Kier molecular flexibility index (Phi) is 2.57. The van der Waals surface area contributed by atoms with Gasteiger partial charge in [0.1, 0.15) is 16.3 Å². The molecule has 13 heavy (non-hydrogen) atoms. The van der Waals surface area contributed by atoms with E-state index in [1.807, 2.05) is 12.1 Å². The Labute approximate surface area is 85.7 Å². The van der Waals surface area contributed by atoms with E-state index >= 15 is 0 Å². The van der Waals surface area contributed by atoms with Gasteiger partial charge < -0.3 is 14.4 Å². The SMILES string of the molecule is OC1CSC(=S)N1Cc1ccco1. The molecule has 0 aromatic carbocycles. The van der Waals surface area contributed by atoms with E-state index in [1.54, 1.807) is 11.2 Å². The third-order valence-electron chi connectivity index (χ3n) is 1.86. The minimum Gasteiger partial charge on any atom is -0.467 e. The zero-order valence-corrected chi connectivity index (χ0v) is 8.48. The van der Waals surface area contributed by atoms with Crippen molar-refractivity contribution in [2.75, 3.05) is 5.75 Å². The summed E-state index contributed by atoms with van der Waals surface area (Å²) < 4.78 is 5.91. The summed E-state index contributed by atoms with van der Waals surface area (Å²) in [5.41, 5.74) is 0. The second kappa shape index (κ2) is 3.69. The fourth-order valence-corrected chi connectivity index (χ4v) is 2.39. The first-order valence-corrected chi connectivity index (χ1v) is 5.30. The molecule has 70 valence electrons. The maximum atomic E-state index is 9.53. The van der Waals surface area contributed by atoms with E-state index in [1.165, 1.54) is 11.8 Å². The van der Waals surface area contributed by atoms with E-state index in [0.29, 0.717) is 12.3 Å². The van der Waals surface area contributed by atoms with Gasteiger partial charge in [-0.1, -0.05) is 24.0 Å². The lowest BCUT2D eigenvalue weighted by Gasteiger charge is -2.19. The predicted octanol–water partition coefficient (Wildman–Crippen LogP) is 1.43. The van der Waals surface area contributed by atoms with Crippen molar-refractivity contribution >= 4 is 28.3 Å². The lowest BCUT2D eigenvalue weighted by molar-refractivity contribution is 0.0751. The number of aliphatic hydroxyl groups is 1. The first-order valence-electron chi connectivity index (χ1n) is 3.91. The summed E-state index contributed by atoms with van der Waals surface area (Å²) in [6.07, 6.45) is 1.15. The van der Waals surface area contributed by atoms with E-state index < -0.39 is 6.23 Å². The lowest BCUT2D eigenvalue weighted by Crippen LogP contribution is -2.31. The molecule has 0 aliphatic carbocycles. The fraction of sp³-hybridized carbons (Fsp3) is 0.375. The van der Waals surface area contributed by atoms with Gasteiger partial charge in [-0.3, -0.25) is 0 Å². The van der Waals surface area contributed by atoms with Crippen molar-refractivity contribution in [3.8, 4) is 0 Å². The normalized spacial score (nSPS) is 22.7. The molecule has 0 saturated carbocycles. The molecule has 0 spiro atoms. The second-order valence-electron chi connectivity index (χ2n) is 2.76. The van der Waals surface area contributed by atoms with Crippen molar-refractivity contribution < 1.29 is 9.52 Å². The van der Waals surface area contributed by atoms with E-state index in [-0.39, 0.29) is 0 Å². The van der Waals surface area contributed by atoms with Crippen LogP contribution in [-0.2, 0) is 6.54 Å². The molecule has 1 aromatic heterocycles. The number of hydrogen-bond acceptors (Lipinski definition) is 4. The van der Waals surface area contributed by atoms with Gasteiger partial charge in [-0.25, -0.2) is 0 Å². The minimum atomic E-state index is -0.470. The van der Waals surface area contributed by atoms with Crippen LogP contribution in [0.3, 0.4) is 0 Å². The Balaban J connectivity index is 2.05. The van der Waals surface area contributed by atoms with Crippen molar-refractivity contribution in [2.24, 2.45) is 0 Å². The van der Waals surface area contributed by atoms with Crippen LogP contribution in [0.5, 0.6) is 0 Å². The standard InChI is InChI=1S/C8H9NO2S2/c10-7-5-13-8(12)9(7)4-6-2-1-3-11-6/h1-3,7,10H,4-5H2.